The van der Waals surface area contributed by atoms with Crippen LogP contribution in [0.25, 0.3) is 0 Å². The second kappa shape index (κ2) is 6.39. The lowest BCUT2D eigenvalue weighted by atomic mass is 9.85. The summed E-state index contributed by atoms with van der Waals surface area (Å²) in [6.07, 6.45) is 7.32. The zero-order valence-electron chi connectivity index (χ0n) is 11.9. The molecule has 0 aromatic carbocycles. The average Bonchev–Trinajstić information content (AvgIpc) is 2.78. The van der Waals surface area contributed by atoms with Gasteiger partial charge in [0.25, 0.3) is 0 Å². The summed E-state index contributed by atoms with van der Waals surface area (Å²) < 4.78 is 5.53. The van der Waals surface area contributed by atoms with Crippen LogP contribution in [0.4, 0.5) is 0 Å². The Bertz CT molecular complexity index is 361. The summed E-state index contributed by atoms with van der Waals surface area (Å²) in [6, 6.07) is 2.84. The molecule has 102 valence electrons. The quantitative estimate of drug-likeness (QED) is 0.871. The van der Waals surface area contributed by atoms with Crippen LogP contribution in [0.2, 0.25) is 0 Å². The Kier molecular flexibility index (Phi) is 4.84. The van der Waals surface area contributed by atoms with Gasteiger partial charge in [0.15, 0.2) is 0 Å². The van der Waals surface area contributed by atoms with Crippen molar-refractivity contribution in [1.29, 1.82) is 0 Å². The minimum atomic E-state index is 0.732. The molecule has 1 N–H and O–H groups in total. The monoisotopic (exact) mass is 250 g/mol. The van der Waals surface area contributed by atoms with E-state index >= 15 is 0 Å². The van der Waals surface area contributed by atoms with E-state index in [4.69, 9.17) is 4.42 Å². The van der Waals surface area contributed by atoms with Crippen molar-refractivity contribution in [3.63, 3.8) is 0 Å². The van der Waals surface area contributed by atoms with Crippen molar-refractivity contribution in [2.45, 2.75) is 51.7 Å². The highest BCUT2D eigenvalue weighted by atomic mass is 16.3. The summed E-state index contributed by atoms with van der Waals surface area (Å²) in [6.45, 7) is 4.21. The van der Waals surface area contributed by atoms with Gasteiger partial charge in [0.05, 0.1) is 12.8 Å². The molecule has 2 rings (SSSR count). The molecule has 1 heterocycles. The van der Waals surface area contributed by atoms with Gasteiger partial charge >= 0.3 is 0 Å². The van der Waals surface area contributed by atoms with Gasteiger partial charge in [-0.3, -0.25) is 4.90 Å². The predicted molar refractivity (Wildman–Crippen MR) is 74.4 cm³/mol. The molecular formula is C15H26N2O. The predicted octanol–water partition coefficient (Wildman–Crippen LogP) is 3.01. The fourth-order valence-corrected chi connectivity index (χ4v) is 3.16. The largest absolute Gasteiger partial charge is 0.468 e. The number of rotatable bonds is 5. The minimum absolute atomic E-state index is 0.732. The van der Waals surface area contributed by atoms with Crippen LogP contribution >= 0.6 is 0 Å². The normalized spacial score (nSPS) is 24.7. The molecule has 0 radical (unpaired) electrons. The van der Waals surface area contributed by atoms with E-state index in [2.05, 4.69) is 30.3 Å². The van der Waals surface area contributed by atoms with Crippen molar-refractivity contribution in [3.8, 4) is 0 Å². The van der Waals surface area contributed by atoms with Crippen molar-refractivity contribution in [3.05, 3.63) is 23.7 Å². The first kappa shape index (κ1) is 13.6. The standard InChI is InChI=1S/C15H26N2O/c1-12-6-4-5-7-14(12)17(3)11-13-8-9-18-15(13)10-16-2/h8-9,12,14,16H,4-7,10-11H2,1-3H3. The van der Waals surface area contributed by atoms with Crippen molar-refractivity contribution in [2.75, 3.05) is 14.1 Å². The van der Waals surface area contributed by atoms with Crippen LogP contribution in [-0.2, 0) is 13.1 Å². The lowest BCUT2D eigenvalue weighted by Crippen LogP contribution is -2.38. The average molecular weight is 250 g/mol. The number of hydrogen-bond donors (Lipinski definition) is 1. The Labute approximate surface area is 111 Å². The molecule has 1 aromatic rings. The highest BCUT2D eigenvalue weighted by Gasteiger charge is 2.25. The van der Waals surface area contributed by atoms with Gasteiger partial charge in [0.1, 0.15) is 5.76 Å². The van der Waals surface area contributed by atoms with Crippen molar-refractivity contribution < 1.29 is 4.42 Å². The van der Waals surface area contributed by atoms with Crippen LogP contribution < -0.4 is 5.32 Å². The van der Waals surface area contributed by atoms with Crippen LogP contribution in [0.1, 0.15) is 43.9 Å². The summed E-state index contributed by atoms with van der Waals surface area (Å²) in [5.74, 6) is 1.90. The van der Waals surface area contributed by atoms with Crippen LogP contribution in [0, 0.1) is 5.92 Å². The maximum Gasteiger partial charge on any atom is 0.122 e. The second-order valence-corrected chi connectivity index (χ2v) is 5.64. The van der Waals surface area contributed by atoms with E-state index < -0.39 is 0 Å². The Morgan fingerprint density at radius 2 is 2.17 bits per heavy atom. The molecule has 18 heavy (non-hydrogen) atoms. The van der Waals surface area contributed by atoms with Crippen LogP contribution in [-0.4, -0.2) is 25.0 Å². The van der Waals surface area contributed by atoms with Gasteiger partial charge in [-0.1, -0.05) is 19.8 Å². The first-order chi connectivity index (χ1) is 8.72. The van der Waals surface area contributed by atoms with Crippen molar-refractivity contribution in [2.24, 2.45) is 5.92 Å². The van der Waals surface area contributed by atoms with Crippen molar-refractivity contribution in [1.82, 2.24) is 10.2 Å². The molecule has 1 aliphatic rings. The summed E-state index contributed by atoms with van der Waals surface area (Å²) in [4.78, 5) is 2.51. The Morgan fingerprint density at radius 3 is 2.89 bits per heavy atom. The molecule has 2 unspecified atom stereocenters. The zero-order valence-corrected chi connectivity index (χ0v) is 11.9. The summed E-state index contributed by atoms with van der Waals surface area (Å²) in [5, 5.41) is 3.16. The maximum absolute atomic E-state index is 5.53. The molecule has 1 saturated carbocycles. The summed E-state index contributed by atoms with van der Waals surface area (Å²) >= 11 is 0. The number of furan rings is 1. The van der Waals surface area contributed by atoms with Gasteiger partial charge in [-0.15, -0.1) is 0 Å². The van der Waals surface area contributed by atoms with Gasteiger partial charge in [-0.2, -0.15) is 0 Å². The van der Waals surface area contributed by atoms with Gasteiger partial charge in [0.2, 0.25) is 0 Å². The molecule has 0 spiro atoms. The molecule has 0 aliphatic heterocycles. The van der Waals surface area contributed by atoms with Crippen LogP contribution in [0.15, 0.2) is 16.7 Å². The van der Waals surface area contributed by atoms with Crippen LogP contribution in [0.5, 0.6) is 0 Å². The Balaban J connectivity index is 1.97. The molecule has 3 nitrogen and oxygen atoms in total. The third kappa shape index (κ3) is 3.15. The zero-order chi connectivity index (χ0) is 13.0. The first-order valence-electron chi connectivity index (χ1n) is 7.12. The molecule has 0 amide bonds. The van der Waals surface area contributed by atoms with E-state index in [0.717, 1.165) is 30.8 Å². The molecule has 0 saturated heterocycles. The maximum atomic E-state index is 5.53. The third-order valence-corrected chi connectivity index (χ3v) is 4.23. The molecule has 0 bridgehead atoms. The lowest BCUT2D eigenvalue weighted by Gasteiger charge is -2.36. The number of hydrogen-bond acceptors (Lipinski definition) is 3. The molecule has 3 heteroatoms. The van der Waals surface area contributed by atoms with Gasteiger partial charge in [-0.25, -0.2) is 0 Å². The van der Waals surface area contributed by atoms with Gasteiger partial charge in [0, 0.05) is 18.2 Å². The molecule has 1 aliphatic carbocycles. The third-order valence-electron chi connectivity index (χ3n) is 4.23. The van der Waals surface area contributed by atoms with E-state index in [9.17, 15) is 0 Å². The van der Waals surface area contributed by atoms with E-state index in [1.54, 1.807) is 6.26 Å². The highest BCUT2D eigenvalue weighted by molar-refractivity contribution is 5.17. The molecule has 1 fully saturated rings. The minimum Gasteiger partial charge on any atom is -0.468 e. The highest BCUT2D eigenvalue weighted by Crippen LogP contribution is 2.28. The van der Waals surface area contributed by atoms with E-state index in [-0.39, 0.29) is 0 Å². The van der Waals surface area contributed by atoms with Crippen molar-refractivity contribution >= 4 is 0 Å². The molecule has 1 aromatic heterocycles. The Morgan fingerprint density at radius 1 is 1.39 bits per heavy atom. The fraction of sp³-hybridized carbons (Fsp3) is 0.733. The fourth-order valence-electron chi connectivity index (χ4n) is 3.16. The molecule has 2 atom stereocenters. The SMILES string of the molecule is CNCc1occc1CN(C)C1CCCCC1C. The Hall–Kier alpha value is -0.800. The van der Waals surface area contributed by atoms with Gasteiger partial charge < -0.3 is 9.73 Å². The number of nitrogens with one attached hydrogen (secondary N) is 1. The topological polar surface area (TPSA) is 28.4 Å². The van der Waals surface area contributed by atoms with E-state index in [0.29, 0.717) is 0 Å². The van der Waals surface area contributed by atoms with Gasteiger partial charge in [-0.05, 0) is 38.9 Å². The van der Waals surface area contributed by atoms with Crippen LogP contribution in [0.3, 0.4) is 0 Å². The van der Waals surface area contributed by atoms with E-state index in [1.165, 1.54) is 31.2 Å². The molecular weight excluding hydrogens is 224 g/mol. The summed E-state index contributed by atoms with van der Waals surface area (Å²) in [7, 11) is 4.21. The second-order valence-electron chi connectivity index (χ2n) is 5.64. The summed E-state index contributed by atoms with van der Waals surface area (Å²) in [5.41, 5.74) is 1.32. The first-order valence-corrected chi connectivity index (χ1v) is 7.12. The lowest BCUT2D eigenvalue weighted by molar-refractivity contribution is 0.132. The number of nitrogens with zero attached hydrogens (tertiary/aromatic N) is 1. The smallest absolute Gasteiger partial charge is 0.122 e. The van der Waals surface area contributed by atoms with E-state index in [1.807, 2.05) is 7.05 Å².